The van der Waals surface area contributed by atoms with Gasteiger partial charge in [0.05, 0.1) is 30.6 Å². The van der Waals surface area contributed by atoms with Crippen molar-refractivity contribution >= 4 is 16.9 Å². The molecule has 0 amide bonds. The lowest BCUT2D eigenvalue weighted by Gasteiger charge is -2.05. The molecule has 0 spiro atoms. The maximum absolute atomic E-state index is 8.71. The highest BCUT2D eigenvalue weighted by molar-refractivity contribution is 5.85. The van der Waals surface area contributed by atoms with Gasteiger partial charge in [0, 0.05) is 18.9 Å². The zero-order valence-corrected chi connectivity index (χ0v) is 14.3. The number of nitrogens with one attached hydrogen (secondary N) is 1. The fraction of sp³-hybridized carbons (Fsp3) is 0.500. The van der Waals surface area contributed by atoms with Crippen LogP contribution in [0.4, 0.5) is 5.82 Å². The van der Waals surface area contributed by atoms with Gasteiger partial charge in [-0.25, -0.2) is 14.6 Å². The molecule has 0 aliphatic carbocycles. The molecule has 0 unspecified atom stereocenters. The van der Waals surface area contributed by atoms with E-state index >= 15 is 0 Å². The van der Waals surface area contributed by atoms with Gasteiger partial charge in [0.25, 0.3) is 0 Å². The number of aromatic nitrogens is 6. The van der Waals surface area contributed by atoms with Crippen LogP contribution in [0.1, 0.15) is 44.3 Å². The molecule has 25 heavy (non-hydrogen) atoms. The minimum absolute atomic E-state index is 0.266. The molecule has 0 fully saturated rings. The lowest BCUT2D eigenvalue weighted by atomic mass is 10.2. The van der Waals surface area contributed by atoms with Gasteiger partial charge in [0.2, 0.25) is 5.89 Å². The monoisotopic (exact) mass is 340 g/mol. The number of anilines is 1. The lowest BCUT2D eigenvalue weighted by Crippen LogP contribution is -2.06. The Bertz CT molecular complexity index is 876. The second-order valence-electron chi connectivity index (χ2n) is 5.97. The van der Waals surface area contributed by atoms with Crippen LogP contribution in [-0.4, -0.2) is 36.4 Å². The number of nitriles is 1. The molecule has 9 nitrogen and oxygen atoms in total. The summed E-state index contributed by atoms with van der Waals surface area (Å²) < 4.78 is 6.95. The second kappa shape index (κ2) is 7.70. The van der Waals surface area contributed by atoms with Crippen LogP contribution in [-0.2, 0) is 13.0 Å². The van der Waals surface area contributed by atoms with Crippen molar-refractivity contribution in [1.29, 1.82) is 5.26 Å². The van der Waals surface area contributed by atoms with Gasteiger partial charge in [-0.05, 0) is 6.42 Å². The summed E-state index contributed by atoms with van der Waals surface area (Å²) >= 11 is 0. The van der Waals surface area contributed by atoms with Crippen LogP contribution in [0.5, 0.6) is 0 Å². The van der Waals surface area contributed by atoms with Gasteiger partial charge in [-0.2, -0.15) is 15.3 Å². The van der Waals surface area contributed by atoms with Crippen molar-refractivity contribution < 1.29 is 4.52 Å². The minimum atomic E-state index is 0.266. The number of aryl methyl sites for hydroxylation is 2. The van der Waals surface area contributed by atoms with E-state index < -0.39 is 0 Å². The Balaban J connectivity index is 1.57. The molecular formula is C16H20N8O. The molecule has 1 N–H and O–H groups in total. The molecule has 0 radical (unpaired) electrons. The van der Waals surface area contributed by atoms with Gasteiger partial charge in [0.15, 0.2) is 11.5 Å². The SMILES string of the molecule is CC(C)c1noc(CCCNc2ncnc3c2cnn3CCC#N)n1. The summed E-state index contributed by atoms with van der Waals surface area (Å²) in [7, 11) is 0. The van der Waals surface area contributed by atoms with Gasteiger partial charge in [-0.3, -0.25) is 0 Å². The van der Waals surface area contributed by atoms with Crippen LogP contribution < -0.4 is 5.32 Å². The van der Waals surface area contributed by atoms with Crippen molar-refractivity contribution in [2.24, 2.45) is 0 Å². The normalized spacial score (nSPS) is 11.1. The second-order valence-corrected chi connectivity index (χ2v) is 5.97. The number of hydrogen-bond donors (Lipinski definition) is 1. The summed E-state index contributed by atoms with van der Waals surface area (Å²) in [5, 5.41) is 21.1. The van der Waals surface area contributed by atoms with E-state index in [-0.39, 0.29) is 5.92 Å². The highest BCUT2D eigenvalue weighted by atomic mass is 16.5. The van der Waals surface area contributed by atoms with Crippen molar-refractivity contribution in [2.75, 3.05) is 11.9 Å². The molecular weight excluding hydrogens is 320 g/mol. The van der Waals surface area contributed by atoms with Crippen LogP contribution in [0.25, 0.3) is 11.0 Å². The van der Waals surface area contributed by atoms with Crippen LogP contribution in [0.2, 0.25) is 0 Å². The van der Waals surface area contributed by atoms with Crippen molar-refractivity contribution in [3.63, 3.8) is 0 Å². The highest BCUT2D eigenvalue weighted by Crippen LogP contribution is 2.19. The number of hydrogen-bond acceptors (Lipinski definition) is 8. The highest BCUT2D eigenvalue weighted by Gasteiger charge is 2.11. The van der Waals surface area contributed by atoms with E-state index in [1.165, 1.54) is 6.33 Å². The number of rotatable bonds is 8. The first-order valence-corrected chi connectivity index (χ1v) is 8.29. The molecule has 0 bridgehead atoms. The summed E-state index contributed by atoms with van der Waals surface area (Å²) in [4.78, 5) is 12.9. The zero-order valence-electron chi connectivity index (χ0n) is 14.3. The quantitative estimate of drug-likeness (QED) is 0.620. The van der Waals surface area contributed by atoms with Gasteiger partial charge >= 0.3 is 0 Å². The van der Waals surface area contributed by atoms with Gasteiger partial charge in [-0.15, -0.1) is 0 Å². The largest absolute Gasteiger partial charge is 0.369 e. The molecule has 0 atom stereocenters. The molecule has 3 rings (SSSR count). The van der Waals surface area contributed by atoms with Crippen LogP contribution in [0.15, 0.2) is 17.0 Å². The van der Waals surface area contributed by atoms with Crippen LogP contribution >= 0.6 is 0 Å². The van der Waals surface area contributed by atoms with Gasteiger partial charge < -0.3 is 9.84 Å². The fourth-order valence-electron chi connectivity index (χ4n) is 2.40. The van der Waals surface area contributed by atoms with Crippen LogP contribution in [0, 0.1) is 11.3 Å². The molecule has 0 aliphatic heterocycles. The van der Waals surface area contributed by atoms with E-state index in [9.17, 15) is 0 Å². The Morgan fingerprint density at radius 3 is 3.00 bits per heavy atom. The van der Waals surface area contributed by atoms with Crippen molar-refractivity contribution in [1.82, 2.24) is 29.9 Å². The van der Waals surface area contributed by atoms with Gasteiger partial charge in [0.1, 0.15) is 12.1 Å². The molecule has 0 aliphatic rings. The molecule has 3 aromatic rings. The molecule has 9 heteroatoms. The molecule has 0 saturated carbocycles. The topological polar surface area (TPSA) is 118 Å². The van der Waals surface area contributed by atoms with Gasteiger partial charge in [-0.1, -0.05) is 19.0 Å². The predicted octanol–water partition coefficient (Wildman–Crippen LogP) is 2.29. The molecule has 130 valence electrons. The first-order valence-electron chi connectivity index (χ1n) is 8.29. The predicted molar refractivity (Wildman–Crippen MR) is 90.8 cm³/mol. The summed E-state index contributed by atoms with van der Waals surface area (Å²) in [6.07, 6.45) is 5.17. The minimum Gasteiger partial charge on any atom is -0.369 e. The Kier molecular flexibility index (Phi) is 5.18. The third kappa shape index (κ3) is 3.91. The fourth-order valence-corrected chi connectivity index (χ4v) is 2.40. The Hall–Kier alpha value is -3.02. The lowest BCUT2D eigenvalue weighted by molar-refractivity contribution is 0.369. The van der Waals surface area contributed by atoms with E-state index in [0.29, 0.717) is 25.3 Å². The average Bonchev–Trinajstić information content (AvgIpc) is 3.24. The molecule has 3 aromatic heterocycles. The zero-order chi connectivity index (χ0) is 17.6. The standard InChI is InChI=1S/C16H20N8O/c1-11(2)14-22-13(25-23-14)5-3-7-18-15-12-9-21-24(8-4-6-17)16(12)20-10-19-15/h9-11H,3-5,7-8H2,1-2H3,(H,18,19,20). The summed E-state index contributed by atoms with van der Waals surface area (Å²) in [5.41, 5.74) is 0.728. The molecule has 0 aromatic carbocycles. The number of fused-ring (bicyclic) bond motifs is 1. The van der Waals surface area contributed by atoms with Crippen molar-refractivity contribution in [3.05, 3.63) is 24.2 Å². The van der Waals surface area contributed by atoms with Crippen LogP contribution in [0.3, 0.4) is 0 Å². The van der Waals surface area contributed by atoms with E-state index in [0.717, 1.165) is 35.6 Å². The van der Waals surface area contributed by atoms with E-state index in [4.69, 9.17) is 9.78 Å². The third-order valence-corrected chi connectivity index (χ3v) is 3.73. The first kappa shape index (κ1) is 16.8. The van der Waals surface area contributed by atoms with E-state index in [1.54, 1.807) is 10.9 Å². The van der Waals surface area contributed by atoms with E-state index in [2.05, 4.69) is 36.6 Å². The first-order chi connectivity index (χ1) is 12.2. The Labute approximate surface area is 145 Å². The van der Waals surface area contributed by atoms with Crippen molar-refractivity contribution in [3.8, 4) is 6.07 Å². The molecule has 3 heterocycles. The maximum atomic E-state index is 8.71. The summed E-state index contributed by atoms with van der Waals surface area (Å²) in [5.74, 6) is 2.40. The van der Waals surface area contributed by atoms with Crippen molar-refractivity contribution in [2.45, 2.75) is 45.6 Å². The number of nitrogens with zero attached hydrogens (tertiary/aromatic N) is 7. The Morgan fingerprint density at radius 1 is 1.36 bits per heavy atom. The summed E-state index contributed by atoms with van der Waals surface area (Å²) in [6.45, 7) is 5.31. The smallest absolute Gasteiger partial charge is 0.226 e. The average molecular weight is 340 g/mol. The summed E-state index contributed by atoms with van der Waals surface area (Å²) in [6, 6.07) is 2.11. The van der Waals surface area contributed by atoms with E-state index in [1.807, 2.05) is 13.8 Å². The third-order valence-electron chi connectivity index (χ3n) is 3.73. The maximum Gasteiger partial charge on any atom is 0.226 e. The molecule has 0 saturated heterocycles. The Morgan fingerprint density at radius 2 is 2.24 bits per heavy atom.